The number of pyridine rings is 1. The molecule has 0 bridgehead atoms. The number of allylic oxidation sites excluding steroid dienone is 1. The van der Waals surface area contributed by atoms with E-state index in [0.717, 1.165) is 6.20 Å². The predicted octanol–water partition coefficient (Wildman–Crippen LogP) is 0.240. The van der Waals surface area contributed by atoms with Crippen molar-refractivity contribution in [3.63, 3.8) is 0 Å². The molecule has 1 aromatic rings. The number of halogens is 3. The molecule has 1 amide bonds. The van der Waals surface area contributed by atoms with Crippen LogP contribution in [0.1, 0.15) is 13.8 Å². The largest absolute Gasteiger partial charge is 0.433 e. The summed E-state index contributed by atoms with van der Waals surface area (Å²) in [6, 6.07) is 2.53. The van der Waals surface area contributed by atoms with Crippen LogP contribution in [-0.2, 0) is 4.79 Å². The van der Waals surface area contributed by atoms with E-state index in [4.69, 9.17) is 18.7 Å². The fourth-order valence-electron chi connectivity index (χ4n) is 1.40. The average molecular weight is 340 g/mol. The summed E-state index contributed by atoms with van der Waals surface area (Å²) < 4.78 is 39.2. The van der Waals surface area contributed by atoms with Gasteiger partial charge in [0.05, 0.1) is 17.8 Å². The molecule has 10 heteroatoms. The summed E-state index contributed by atoms with van der Waals surface area (Å²) in [5.41, 5.74) is 2.53. The second-order valence-corrected chi connectivity index (χ2v) is 5.54. The number of carbonyl (C=O) groups excluding carboxylic acids is 1. The third kappa shape index (κ3) is 6.03. The summed E-state index contributed by atoms with van der Waals surface area (Å²) in [6.07, 6.45) is -3.29. The lowest BCUT2D eigenvalue weighted by Crippen LogP contribution is -2.48. The minimum Gasteiger partial charge on any atom is -0.394 e. The van der Waals surface area contributed by atoms with Crippen molar-refractivity contribution in [3.05, 3.63) is 30.1 Å². The van der Waals surface area contributed by atoms with Gasteiger partial charge in [-0.3, -0.25) is 4.79 Å². The number of amides is 1. The minimum absolute atomic E-state index is 0.239. The van der Waals surface area contributed by atoms with Crippen LogP contribution >= 0.6 is 0 Å². The molecule has 0 spiro atoms. The number of aliphatic imine (C=N–C) groups is 1. The molecule has 0 unspecified atom stereocenters. The number of hydrogen-bond acceptors (Lipinski definition) is 5. The zero-order valence-corrected chi connectivity index (χ0v) is 13.1. The van der Waals surface area contributed by atoms with Crippen molar-refractivity contribution in [1.29, 1.82) is 0 Å². The third-order valence-corrected chi connectivity index (χ3v) is 2.70. The number of aromatic nitrogens is 1. The van der Waals surface area contributed by atoms with Gasteiger partial charge in [0, 0.05) is 6.20 Å². The predicted molar refractivity (Wildman–Crippen MR) is 84.4 cm³/mol. The molecule has 24 heavy (non-hydrogen) atoms. The van der Waals surface area contributed by atoms with E-state index in [2.05, 4.69) is 15.3 Å². The maximum Gasteiger partial charge on any atom is 0.433 e. The molecule has 1 rings (SSSR count). The monoisotopic (exact) mass is 340 g/mol. The maximum absolute atomic E-state index is 13.1. The van der Waals surface area contributed by atoms with Gasteiger partial charge in [0.2, 0.25) is 0 Å². The highest BCUT2D eigenvalue weighted by molar-refractivity contribution is 6.32. The second-order valence-electron chi connectivity index (χ2n) is 5.54. The van der Waals surface area contributed by atoms with Crippen LogP contribution in [0.3, 0.4) is 0 Å². The molecule has 1 aromatic heterocycles. The van der Waals surface area contributed by atoms with Gasteiger partial charge in [-0.1, -0.05) is 11.5 Å². The van der Waals surface area contributed by atoms with Crippen molar-refractivity contribution in [2.45, 2.75) is 25.6 Å². The van der Waals surface area contributed by atoms with E-state index in [1.165, 1.54) is 26.0 Å². The van der Waals surface area contributed by atoms with Gasteiger partial charge in [0.1, 0.15) is 13.6 Å². The molecule has 1 heterocycles. The number of rotatable bonds is 5. The van der Waals surface area contributed by atoms with Crippen LogP contribution in [0.2, 0.25) is 0 Å². The van der Waals surface area contributed by atoms with Crippen LogP contribution in [0.15, 0.2) is 35.1 Å². The van der Waals surface area contributed by atoms with Crippen molar-refractivity contribution >= 4 is 30.7 Å². The van der Waals surface area contributed by atoms with Crippen LogP contribution in [-0.4, -0.2) is 47.9 Å². The topological polar surface area (TPSA) is 101 Å². The summed E-state index contributed by atoms with van der Waals surface area (Å²) in [5, 5.41) is 11.4. The van der Waals surface area contributed by atoms with Crippen LogP contribution in [0.25, 0.3) is 0 Å². The number of nitrogens with two attached hydrogens (primary N) is 1. The van der Waals surface area contributed by atoms with E-state index in [1.54, 1.807) is 0 Å². The molecule has 4 N–H and O–H groups in total. The van der Waals surface area contributed by atoms with Gasteiger partial charge in [0.25, 0.3) is 5.91 Å². The smallest absolute Gasteiger partial charge is 0.394 e. The number of aliphatic hydroxyl groups is 1. The summed E-state index contributed by atoms with van der Waals surface area (Å²) in [6.45, 7) is 2.55. The molecule has 2 radical (unpaired) electrons. The maximum atomic E-state index is 13.1. The highest BCUT2D eigenvalue weighted by Crippen LogP contribution is 2.21. The van der Waals surface area contributed by atoms with E-state index >= 15 is 0 Å². The number of nitrogens with zero attached hydrogens (tertiary/aromatic N) is 2. The SMILES string of the molecule is [B]c1ccc(N=C(/C=C(\N)C(=O)NC(C)(C)CO)C(F)(F)F)nc1. The molecule has 0 saturated heterocycles. The Labute approximate surface area is 138 Å². The standard InChI is InChI=1S/C14H16BF3N4O2/c1-13(2,7-23)22-12(24)9(19)5-10(14(16,17)18)21-11-4-3-8(15)6-20-11/h3-6,23H,7,19H2,1-2H3,(H,22,24)/b9-5-,21-10?. The van der Waals surface area contributed by atoms with Gasteiger partial charge in [-0.05, 0) is 26.0 Å². The molecule has 0 aliphatic rings. The van der Waals surface area contributed by atoms with Crippen molar-refractivity contribution in [3.8, 4) is 0 Å². The Morgan fingerprint density at radius 2 is 2.08 bits per heavy atom. The van der Waals surface area contributed by atoms with Crippen molar-refractivity contribution in [1.82, 2.24) is 10.3 Å². The van der Waals surface area contributed by atoms with Gasteiger partial charge in [0.15, 0.2) is 5.82 Å². The fraction of sp³-hybridized carbons (Fsp3) is 0.357. The molecule has 0 aliphatic heterocycles. The van der Waals surface area contributed by atoms with E-state index in [-0.39, 0.29) is 11.3 Å². The average Bonchev–Trinajstić information content (AvgIpc) is 2.47. The quantitative estimate of drug-likeness (QED) is 0.406. The molecule has 0 atom stereocenters. The molecule has 128 valence electrons. The summed E-state index contributed by atoms with van der Waals surface area (Å²) in [5.74, 6) is -1.20. The Balaban J connectivity index is 3.13. The molecular formula is C14H16BF3N4O2. The highest BCUT2D eigenvalue weighted by Gasteiger charge is 2.35. The van der Waals surface area contributed by atoms with E-state index in [1.807, 2.05) is 0 Å². The second kappa shape index (κ2) is 7.48. The zero-order valence-electron chi connectivity index (χ0n) is 13.1. The highest BCUT2D eigenvalue weighted by atomic mass is 19.4. The Morgan fingerprint density at radius 1 is 1.46 bits per heavy atom. The number of alkyl halides is 3. The lowest BCUT2D eigenvalue weighted by molar-refractivity contribution is -0.119. The first kappa shape index (κ1) is 19.7. The summed E-state index contributed by atoms with van der Waals surface area (Å²) in [7, 11) is 5.40. The Morgan fingerprint density at radius 3 is 2.54 bits per heavy atom. The van der Waals surface area contributed by atoms with Gasteiger partial charge in [-0.15, -0.1) is 0 Å². The van der Waals surface area contributed by atoms with Crippen LogP contribution in [0.4, 0.5) is 19.0 Å². The number of hydrogen-bond donors (Lipinski definition) is 3. The molecule has 0 aromatic carbocycles. The number of nitrogens with one attached hydrogen (secondary N) is 1. The normalized spacial score (nSPS) is 13.8. The van der Waals surface area contributed by atoms with Gasteiger partial charge in [-0.25, -0.2) is 9.98 Å². The van der Waals surface area contributed by atoms with Crippen molar-refractivity contribution in [2.24, 2.45) is 10.7 Å². The molecular weight excluding hydrogens is 324 g/mol. The first-order valence-electron chi connectivity index (χ1n) is 6.72. The number of carbonyl (C=O) groups is 1. The Kier molecular flexibility index (Phi) is 6.13. The minimum atomic E-state index is -4.85. The summed E-state index contributed by atoms with van der Waals surface area (Å²) in [4.78, 5) is 18.8. The van der Waals surface area contributed by atoms with Gasteiger partial charge >= 0.3 is 6.18 Å². The lowest BCUT2D eigenvalue weighted by atomic mass is 9.99. The fourth-order valence-corrected chi connectivity index (χ4v) is 1.40. The van der Waals surface area contributed by atoms with Crippen molar-refractivity contribution in [2.75, 3.05) is 6.61 Å². The van der Waals surface area contributed by atoms with Crippen LogP contribution in [0, 0.1) is 0 Å². The molecule has 0 fully saturated rings. The van der Waals surface area contributed by atoms with Gasteiger partial charge in [-0.2, -0.15) is 13.2 Å². The van der Waals surface area contributed by atoms with E-state index in [0.29, 0.717) is 6.08 Å². The molecule has 0 aliphatic carbocycles. The van der Waals surface area contributed by atoms with Crippen LogP contribution in [0.5, 0.6) is 0 Å². The summed E-state index contributed by atoms with van der Waals surface area (Å²) >= 11 is 0. The Bertz CT molecular complexity index is 655. The first-order valence-corrected chi connectivity index (χ1v) is 6.72. The van der Waals surface area contributed by atoms with Gasteiger partial charge < -0.3 is 16.2 Å². The van der Waals surface area contributed by atoms with Crippen LogP contribution < -0.4 is 16.5 Å². The first-order chi connectivity index (χ1) is 10.9. The third-order valence-electron chi connectivity index (χ3n) is 2.70. The van der Waals surface area contributed by atoms with E-state index < -0.39 is 35.6 Å². The van der Waals surface area contributed by atoms with Crippen molar-refractivity contribution < 1.29 is 23.1 Å². The van der Waals surface area contributed by atoms with E-state index in [9.17, 15) is 18.0 Å². The lowest BCUT2D eigenvalue weighted by Gasteiger charge is -2.23. The molecule has 6 nitrogen and oxygen atoms in total. The zero-order chi connectivity index (χ0) is 18.5. The number of aliphatic hydroxyl groups excluding tert-OH is 1. The molecule has 0 saturated carbocycles. The Hall–Kier alpha value is -2.36.